The van der Waals surface area contributed by atoms with Gasteiger partial charge in [0, 0.05) is 29.8 Å². The number of aryl methyl sites for hydroxylation is 3. The second-order valence-electron chi connectivity index (χ2n) is 4.01. The highest BCUT2D eigenvalue weighted by atomic mass is 15.0. The molecular formula is C13H16N2. The fourth-order valence-electron chi connectivity index (χ4n) is 1.72. The largest absolute Gasteiger partial charge is 0.345 e. The van der Waals surface area contributed by atoms with E-state index in [2.05, 4.69) is 47.7 Å². The van der Waals surface area contributed by atoms with Crippen molar-refractivity contribution in [3.05, 3.63) is 53.1 Å². The Morgan fingerprint density at radius 1 is 1.00 bits per heavy atom. The lowest BCUT2D eigenvalue weighted by Crippen LogP contribution is -2.03. The smallest absolute Gasteiger partial charge is 0.0490 e. The molecule has 0 saturated carbocycles. The molecule has 0 saturated heterocycles. The van der Waals surface area contributed by atoms with Gasteiger partial charge in [-0.25, -0.2) is 0 Å². The molecule has 0 N–H and O–H groups in total. The Morgan fingerprint density at radius 3 is 2.20 bits per heavy atom. The minimum absolute atomic E-state index is 0.915. The van der Waals surface area contributed by atoms with Gasteiger partial charge in [-0.15, -0.1) is 0 Å². The van der Waals surface area contributed by atoms with E-state index in [0.717, 1.165) is 12.2 Å². The van der Waals surface area contributed by atoms with Crippen molar-refractivity contribution in [2.24, 2.45) is 0 Å². The number of hydrogen-bond donors (Lipinski definition) is 0. The third-order valence-electron chi connectivity index (χ3n) is 2.73. The van der Waals surface area contributed by atoms with Crippen LogP contribution in [0.1, 0.15) is 22.6 Å². The molecule has 0 unspecified atom stereocenters. The summed E-state index contributed by atoms with van der Waals surface area (Å²) in [6.45, 7) is 7.19. The maximum Gasteiger partial charge on any atom is 0.0490 e. The second kappa shape index (κ2) is 3.89. The van der Waals surface area contributed by atoms with Crippen molar-refractivity contribution in [2.45, 2.75) is 27.3 Å². The average Bonchev–Trinajstić information content (AvgIpc) is 2.53. The first-order chi connectivity index (χ1) is 7.16. The lowest BCUT2D eigenvalue weighted by Gasteiger charge is -2.09. The summed E-state index contributed by atoms with van der Waals surface area (Å²) in [7, 11) is 0. The normalized spacial score (nSPS) is 10.6. The molecular weight excluding hydrogens is 184 g/mol. The highest BCUT2D eigenvalue weighted by molar-refractivity contribution is 5.19. The summed E-state index contributed by atoms with van der Waals surface area (Å²) < 4.78 is 2.30. The molecule has 0 spiro atoms. The van der Waals surface area contributed by atoms with E-state index in [1.165, 1.54) is 17.0 Å². The highest BCUT2D eigenvalue weighted by Crippen LogP contribution is 2.10. The number of hydrogen-bond acceptors (Lipinski definition) is 1. The van der Waals surface area contributed by atoms with Gasteiger partial charge in [0.2, 0.25) is 0 Å². The van der Waals surface area contributed by atoms with Crippen LogP contribution in [0.25, 0.3) is 0 Å². The molecule has 0 atom stereocenters. The summed E-state index contributed by atoms with van der Waals surface area (Å²) in [5, 5.41) is 0. The second-order valence-corrected chi connectivity index (χ2v) is 4.01. The molecule has 0 radical (unpaired) electrons. The van der Waals surface area contributed by atoms with Crippen LogP contribution in [0.2, 0.25) is 0 Å². The summed E-state index contributed by atoms with van der Waals surface area (Å²) in [4.78, 5) is 4.31. The van der Waals surface area contributed by atoms with Crippen LogP contribution in [-0.2, 0) is 6.54 Å². The lowest BCUT2D eigenvalue weighted by atomic mass is 10.2. The molecule has 2 heterocycles. The van der Waals surface area contributed by atoms with Gasteiger partial charge in [0.1, 0.15) is 0 Å². The van der Waals surface area contributed by atoms with E-state index in [4.69, 9.17) is 0 Å². The molecule has 15 heavy (non-hydrogen) atoms. The summed E-state index contributed by atoms with van der Waals surface area (Å²) in [5.41, 5.74) is 4.92. The minimum Gasteiger partial charge on any atom is -0.345 e. The highest BCUT2D eigenvalue weighted by Gasteiger charge is 2.01. The van der Waals surface area contributed by atoms with Crippen LogP contribution >= 0.6 is 0 Å². The van der Waals surface area contributed by atoms with E-state index >= 15 is 0 Å². The standard InChI is InChI=1S/C13H16N2/c1-10-4-7-13(8-14-10)9-15-11(2)5-6-12(15)3/h4-8H,9H2,1-3H3. The maximum atomic E-state index is 4.31. The Kier molecular flexibility index (Phi) is 2.58. The number of rotatable bonds is 2. The Balaban J connectivity index is 2.25. The van der Waals surface area contributed by atoms with Crippen molar-refractivity contribution < 1.29 is 0 Å². The van der Waals surface area contributed by atoms with E-state index < -0.39 is 0 Å². The first kappa shape index (κ1) is 9.97. The van der Waals surface area contributed by atoms with Gasteiger partial charge in [-0.3, -0.25) is 4.98 Å². The van der Waals surface area contributed by atoms with Crippen molar-refractivity contribution in [3.8, 4) is 0 Å². The van der Waals surface area contributed by atoms with Crippen LogP contribution in [0.15, 0.2) is 30.5 Å². The monoisotopic (exact) mass is 200 g/mol. The molecule has 2 heteroatoms. The fraction of sp³-hybridized carbons (Fsp3) is 0.308. The molecule has 78 valence electrons. The van der Waals surface area contributed by atoms with Crippen LogP contribution in [0.4, 0.5) is 0 Å². The van der Waals surface area contributed by atoms with E-state index in [-0.39, 0.29) is 0 Å². The van der Waals surface area contributed by atoms with Gasteiger partial charge < -0.3 is 4.57 Å². The molecule has 0 aliphatic heterocycles. The number of nitrogens with zero attached hydrogens (tertiary/aromatic N) is 2. The molecule has 0 fully saturated rings. The van der Waals surface area contributed by atoms with E-state index in [9.17, 15) is 0 Å². The number of pyridine rings is 1. The topological polar surface area (TPSA) is 17.8 Å². The molecule has 2 rings (SSSR count). The Labute approximate surface area is 90.6 Å². The van der Waals surface area contributed by atoms with Crippen LogP contribution < -0.4 is 0 Å². The Hall–Kier alpha value is -1.57. The summed E-state index contributed by atoms with van der Waals surface area (Å²) >= 11 is 0. The molecule has 2 aromatic rings. The van der Waals surface area contributed by atoms with Gasteiger partial charge in [0.05, 0.1) is 0 Å². The fourth-order valence-corrected chi connectivity index (χ4v) is 1.72. The zero-order chi connectivity index (χ0) is 10.8. The van der Waals surface area contributed by atoms with Gasteiger partial charge in [0.15, 0.2) is 0 Å². The first-order valence-corrected chi connectivity index (χ1v) is 5.21. The molecule has 0 aromatic carbocycles. The van der Waals surface area contributed by atoms with Crippen LogP contribution in [0.5, 0.6) is 0 Å². The quantitative estimate of drug-likeness (QED) is 0.729. The first-order valence-electron chi connectivity index (χ1n) is 5.21. The van der Waals surface area contributed by atoms with Crippen molar-refractivity contribution in [3.63, 3.8) is 0 Å². The third kappa shape index (κ3) is 2.09. The maximum absolute atomic E-state index is 4.31. The molecule has 0 aliphatic carbocycles. The minimum atomic E-state index is 0.915. The van der Waals surface area contributed by atoms with Gasteiger partial charge in [-0.1, -0.05) is 6.07 Å². The van der Waals surface area contributed by atoms with Gasteiger partial charge in [-0.05, 0) is 44.5 Å². The van der Waals surface area contributed by atoms with E-state index in [1.54, 1.807) is 0 Å². The lowest BCUT2D eigenvalue weighted by molar-refractivity contribution is 0.746. The van der Waals surface area contributed by atoms with Gasteiger partial charge >= 0.3 is 0 Å². The average molecular weight is 200 g/mol. The summed E-state index contributed by atoms with van der Waals surface area (Å²) in [5.74, 6) is 0. The predicted molar refractivity (Wildman–Crippen MR) is 62.0 cm³/mol. The molecule has 2 aromatic heterocycles. The zero-order valence-electron chi connectivity index (χ0n) is 9.49. The molecule has 0 bridgehead atoms. The SMILES string of the molecule is Cc1ccc(Cn2c(C)ccc2C)cn1. The van der Waals surface area contributed by atoms with E-state index in [1.807, 2.05) is 13.1 Å². The van der Waals surface area contributed by atoms with Crippen LogP contribution in [0.3, 0.4) is 0 Å². The van der Waals surface area contributed by atoms with E-state index in [0.29, 0.717) is 0 Å². The van der Waals surface area contributed by atoms with Crippen molar-refractivity contribution in [1.82, 2.24) is 9.55 Å². The van der Waals surface area contributed by atoms with Gasteiger partial charge in [-0.2, -0.15) is 0 Å². The summed E-state index contributed by atoms with van der Waals surface area (Å²) in [6.07, 6.45) is 1.95. The third-order valence-corrected chi connectivity index (χ3v) is 2.73. The zero-order valence-corrected chi connectivity index (χ0v) is 9.49. The Bertz CT molecular complexity index is 432. The van der Waals surface area contributed by atoms with Crippen molar-refractivity contribution in [1.29, 1.82) is 0 Å². The van der Waals surface area contributed by atoms with Crippen LogP contribution in [0, 0.1) is 20.8 Å². The molecule has 0 aliphatic rings. The van der Waals surface area contributed by atoms with Crippen molar-refractivity contribution >= 4 is 0 Å². The molecule has 0 amide bonds. The van der Waals surface area contributed by atoms with Crippen LogP contribution in [-0.4, -0.2) is 9.55 Å². The van der Waals surface area contributed by atoms with Gasteiger partial charge in [0.25, 0.3) is 0 Å². The number of aromatic nitrogens is 2. The predicted octanol–water partition coefficient (Wildman–Crippen LogP) is 2.86. The van der Waals surface area contributed by atoms with Crippen molar-refractivity contribution in [2.75, 3.05) is 0 Å². The molecule has 2 nitrogen and oxygen atoms in total. The summed E-state index contributed by atoms with van der Waals surface area (Å²) in [6, 6.07) is 8.50. The Morgan fingerprint density at radius 2 is 1.67 bits per heavy atom.